The largest absolute Gasteiger partial charge is 0.389 e. The van der Waals surface area contributed by atoms with Crippen molar-refractivity contribution < 1.29 is 13.5 Å². The molecule has 0 aromatic heterocycles. The van der Waals surface area contributed by atoms with Crippen LogP contribution in [0.5, 0.6) is 0 Å². The molecule has 96 valence electrons. The summed E-state index contributed by atoms with van der Waals surface area (Å²) in [5.74, 6) is 0.902. The maximum atomic E-state index is 11.3. The van der Waals surface area contributed by atoms with E-state index >= 15 is 0 Å². The van der Waals surface area contributed by atoms with Gasteiger partial charge in [-0.3, -0.25) is 4.90 Å². The van der Waals surface area contributed by atoms with Gasteiger partial charge in [-0.05, 0) is 19.3 Å². The average molecular weight is 249 g/mol. The normalized spacial score (nSPS) is 25.6. The monoisotopic (exact) mass is 249 g/mol. The van der Waals surface area contributed by atoms with Gasteiger partial charge < -0.3 is 5.11 Å². The van der Waals surface area contributed by atoms with E-state index in [1.54, 1.807) is 0 Å². The first kappa shape index (κ1) is 13.9. The number of hydrogen-bond acceptors (Lipinski definition) is 4. The molecule has 1 aliphatic rings. The molecule has 0 aromatic rings. The zero-order chi connectivity index (χ0) is 12.4. The molecule has 0 radical (unpaired) electrons. The molecule has 5 heteroatoms. The Morgan fingerprint density at radius 3 is 2.25 bits per heavy atom. The van der Waals surface area contributed by atoms with Gasteiger partial charge in [0.25, 0.3) is 0 Å². The lowest BCUT2D eigenvalue weighted by molar-refractivity contribution is 0.00473. The molecule has 0 aromatic carbocycles. The van der Waals surface area contributed by atoms with Crippen LogP contribution in [0.25, 0.3) is 0 Å². The quantitative estimate of drug-likeness (QED) is 0.789. The third-order valence-corrected chi connectivity index (χ3v) is 4.46. The molecule has 4 nitrogen and oxygen atoms in total. The molecule has 0 bridgehead atoms. The molecule has 1 unspecified atom stereocenters. The van der Waals surface area contributed by atoms with Gasteiger partial charge in [-0.15, -0.1) is 0 Å². The van der Waals surface area contributed by atoms with E-state index in [0.29, 0.717) is 25.6 Å². The maximum absolute atomic E-state index is 11.3. The van der Waals surface area contributed by atoms with Crippen molar-refractivity contribution in [3.63, 3.8) is 0 Å². The fourth-order valence-electron chi connectivity index (χ4n) is 2.33. The molecular weight excluding hydrogens is 226 g/mol. The minimum absolute atomic E-state index is 0.227. The van der Waals surface area contributed by atoms with Crippen LogP contribution in [0.1, 0.15) is 27.2 Å². The lowest BCUT2D eigenvalue weighted by atomic mass is 9.94. The van der Waals surface area contributed by atoms with E-state index < -0.39 is 15.4 Å². The molecular formula is C11H23NO3S. The lowest BCUT2D eigenvalue weighted by Gasteiger charge is -2.34. The molecule has 0 amide bonds. The van der Waals surface area contributed by atoms with E-state index in [4.69, 9.17) is 0 Å². The van der Waals surface area contributed by atoms with Crippen molar-refractivity contribution in [2.24, 2.45) is 5.92 Å². The Kier molecular flexibility index (Phi) is 4.37. The molecule has 0 aliphatic carbocycles. The summed E-state index contributed by atoms with van der Waals surface area (Å²) in [6.45, 7) is 7.66. The third kappa shape index (κ3) is 4.80. The van der Waals surface area contributed by atoms with Gasteiger partial charge in [-0.25, -0.2) is 8.42 Å². The van der Waals surface area contributed by atoms with Gasteiger partial charge in [0.1, 0.15) is 0 Å². The number of rotatable bonds is 4. The van der Waals surface area contributed by atoms with Crippen LogP contribution in [0.15, 0.2) is 0 Å². The summed E-state index contributed by atoms with van der Waals surface area (Å²) in [6.07, 6.45) is 0.746. The highest BCUT2D eigenvalue weighted by molar-refractivity contribution is 7.91. The van der Waals surface area contributed by atoms with Crippen LogP contribution in [-0.2, 0) is 9.84 Å². The fourth-order valence-corrected chi connectivity index (χ4v) is 3.61. The van der Waals surface area contributed by atoms with Crippen LogP contribution in [0.4, 0.5) is 0 Å². The van der Waals surface area contributed by atoms with Gasteiger partial charge in [0.2, 0.25) is 0 Å². The number of aliphatic hydroxyl groups is 1. The Morgan fingerprint density at radius 1 is 1.31 bits per heavy atom. The summed E-state index contributed by atoms with van der Waals surface area (Å²) < 4.78 is 22.5. The van der Waals surface area contributed by atoms with Crippen LogP contribution >= 0.6 is 0 Å². The summed E-state index contributed by atoms with van der Waals surface area (Å²) in [5.41, 5.74) is -0.713. The minimum atomic E-state index is -2.82. The van der Waals surface area contributed by atoms with E-state index in [2.05, 4.69) is 13.8 Å². The molecule has 1 saturated heterocycles. The molecule has 1 fully saturated rings. The van der Waals surface area contributed by atoms with E-state index in [1.165, 1.54) is 0 Å². The number of sulfone groups is 1. The smallest absolute Gasteiger partial charge is 0.152 e. The molecule has 0 saturated carbocycles. The number of hydrogen-bond donors (Lipinski definition) is 1. The molecule has 1 heterocycles. The standard InChI is InChI=1S/C11H23NO3S/c1-10(2)8-11(3,13)9-12-4-6-16(14,15)7-5-12/h10,13H,4-9H2,1-3H3. The summed E-state index contributed by atoms with van der Waals surface area (Å²) in [5, 5.41) is 10.2. The van der Waals surface area contributed by atoms with E-state index in [9.17, 15) is 13.5 Å². The van der Waals surface area contributed by atoms with E-state index in [1.807, 2.05) is 11.8 Å². The van der Waals surface area contributed by atoms with Crippen molar-refractivity contribution in [1.82, 2.24) is 4.90 Å². The van der Waals surface area contributed by atoms with Crippen molar-refractivity contribution in [1.29, 1.82) is 0 Å². The minimum Gasteiger partial charge on any atom is -0.389 e. The average Bonchev–Trinajstić information content (AvgIpc) is 2.06. The van der Waals surface area contributed by atoms with Crippen molar-refractivity contribution in [2.75, 3.05) is 31.1 Å². The summed E-state index contributed by atoms with van der Waals surface area (Å²) in [7, 11) is -2.82. The third-order valence-electron chi connectivity index (χ3n) is 2.85. The topological polar surface area (TPSA) is 57.6 Å². The molecule has 0 spiro atoms. The second kappa shape index (κ2) is 5.02. The maximum Gasteiger partial charge on any atom is 0.152 e. The zero-order valence-electron chi connectivity index (χ0n) is 10.4. The lowest BCUT2D eigenvalue weighted by Crippen LogP contribution is -2.48. The summed E-state index contributed by atoms with van der Waals surface area (Å²) >= 11 is 0. The second-order valence-electron chi connectivity index (χ2n) is 5.52. The van der Waals surface area contributed by atoms with Crippen LogP contribution in [-0.4, -0.2) is 55.2 Å². The van der Waals surface area contributed by atoms with E-state index in [-0.39, 0.29) is 11.5 Å². The van der Waals surface area contributed by atoms with Crippen molar-refractivity contribution in [3.05, 3.63) is 0 Å². The molecule has 16 heavy (non-hydrogen) atoms. The molecule has 1 atom stereocenters. The Labute approximate surface area is 98.6 Å². The second-order valence-corrected chi connectivity index (χ2v) is 7.83. The summed E-state index contributed by atoms with van der Waals surface area (Å²) in [4.78, 5) is 2.05. The van der Waals surface area contributed by atoms with Crippen molar-refractivity contribution in [3.8, 4) is 0 Å². The summed E-state index contributed by atoms with van der Waals surface area (Å²) in [6, 6.07) is 0. The zero-order valence-corrected chi connectivity index (χ0v) is 11.3. The SMILES string of the molecule is CC(C)CC(C)(O)CN1CCS(=O)(=O)CC1. The highest BCUT2D eigenvalue weighted by atomic mass is 32.2. The van der Waals surface area contributed by atoms with E-state index in [0.717, 1.165) is 6.42 Å². The van der Waals surface area contributed by atoms with Gasteiger partial charge in [-0.1, -0.05) is 13.8 Å². The predicted octanol–water partition coefficient (Wildman–Crippen LogP) is 0.514. The van der Waals surface area contributed by atoms with Crippen molar-refractivity contribution >= 4 is 9.84 Å². The number of β-amino-alcohol motifs (C(OH)–C–C–N with tert-alkyl or cyclic N) is 1. The van der Waals surface area contributed by atoms with Crippen LogP contribution in [0.2, 0.25) is 0 Å². The highest BCUT2D eigenvalue weighted by Crippen LogP contribution is 2.18. The van der Waals surface area contributed by atoms with Gasteiger partial charge in [0.05, 0.1) is 17.1 Å². The Balaban J connectivity index is 2.44. The van der Waals surface area contributed by atoms with Gasteiger partial charge >= 0.3 is 0 Å². The van der Waals surface area contributed by atoms with Gasteiger partial charge in [0.15, 0.2) is 9.84 Å². The molecule has 1 rings (SSSR count). The van der Waals surface area contributed by atoms with Crippen molar-refractivity contribution in [2.45, 2.75) is 32.8 Å². The van der Waals surface area contributed by atoms with Crippen LogP contribution in [0, 0.1) is 5.92 Å². The Bertz CT molecular complexity index is 308. The molecule has 1 aliphatic heterocycles. The van der Waals surface area contributed by atoms with Crippen LogP contribution in [0.3, 0.4) is 0 Å². The number of nitrogens with zero attached hydrogens (tertiary/aromatic N) is 1. The molecule has 1 N–H and O–H groups in total. The first-order valence-corrected chi connectivity index (χ1v) is 7.67. The Hall–Kier alpha value is -0.130. The first-order valence-electron chi connectivity index (χ1n) is 5.85. The predicted molar refractivity (Wildman–Crippen MR) is 65.2 cm³/mol. The van der Waals surface area contributed by atoms with Crippen LogP contribution < -0.4 is 0 Å². The van der Waals surface area contributed by atoms with Gasteiger partial charge in [0, 0.05) is 19.6 Å². The highest BCUT2D eigenvalue weighted by Gasteiger charge is 2.28. The first-order chi connectivity index (χ1) is 7.20. The Morgan fingerprint density at radius 2 is 1.81 bits per heavy atom. The fraction of sp³-hybridized carbons (Fsp3) is 1.00. The van der Waals surface area contributed by atoms with Gasteiger partial charge in [-0.2, -0.15) is 0 Å².